The van der Waals surface area contributed by atoms with Crippen LogP contribution in [0.2, 0.25) is 0 Å². The average Bonchev–Trinajstić information content (AvgIpc) is 2.84. The monoisotopic (exact) mass is 292 g/mol. The van der Waals surface area contributed by atoms with Crippen molar-refractivity contribution in [2.45, 2.75) is 19.9 Å². The molecule has 0 saturated carbocycles. The summed E-state index contributed by atoms with van der Waals surface area (Å²) in [4.78, 5) is 17.7. The highest BCUT2D eigenvalue weighted by Gasteiger charge is 2.13. The predicted octanol–water partition coefficient (Wildman–Crippen LogP) is 1.46. The zero-order valence-electron chi connectivity index (χ0n) is 12.2. The molecule has 1 aromatic heterocycles. The van der Waals surface area contributed by atoms with Crippen molar-refractivity contribution in [1.29, 1.82) is 0 Å². The SMILES string of the molecule is COc1ccc(CC(=O)N(C)Cc2n[nH]c(C)n2)cc1F. The smallest absolute Gasteiger partial charge is 0.227 e. The van der Waals surface area contributed by atoms with Gasteiger partial charge in [-0.2, -0.15) is 5.10 Å². The number of likely N-dealkylation sites (N-methyl/N-ethyl adjacent to an activating group) is 1. The van der Waals surface area contributed by atoms with Gasteiger partial charge in [0.15, 0.2) is 17.4 Å². The number of H-pyrrole nitrogens is 1. The molecule has 0 fully saturated rings. The number of hydrogen-bond donors (Lipinski definition) is 1. The molecule has 6 nitrogen and oxygen atoms in total. The molecule has 21 heavy (non-hydrogen) atoms. The standard InChI is InChI=1S/C14H17FN4O2/c1-9-16-13(18-17-9)8-19(2)14(20)7-10-4-5-12(21-3)11(15)6-10/h4-6H,7-8H2,1-3H3,(H,16,17,18). The zero-order chi connectivity index (χ0) is 15.4. The number of carbonyl (C=O) groups excluding carboxylic acids is 1. The van der Waals surface area contributed by atoms with Crippen molar-refractivity contribution in [2.24, 2.45) is 0 Å². The summed E-state index contributed by atoms with van der Waals surface area (Å²) in [6.45, 7) is 2.10. The van der Waals surface area contributed by atoms with Gasteiger partial charge >= 0.3 is 0 Å². The normalized spacial score (nSPS) is 10.5. The number of carbonyl (C=O) groups is 1. The van der Waals surface area contributed by atoms with Crippen LogP contribution < -0.4 is 4.74 Å². The second-order valence-electron chi connectivity index (χ2n) is 4.73. The second-order valence-corrected chi connectivity index (χ2v) is 4.73. The Bertz CT molecular complexity index is 642. The lowest BCUT2D eigenvalue weighted by Crippen LogP contribution is -2.28. The summed E-state index contributed by atoms with van der Waals surface area (Å²) >= 11 is 0. The summed E-state index contributed by atoms with van der Waals surface area (Å²) in [6, 6.07) is 4.49. The van der Waals surface area contributed by atoms with Gasteiger partial charge in [0.25, 0.3) is 0 Å². The molecule has 1 N–H and O–H groups in total. The fraction of sp³-hybridized carbons (Fsp3) is 0.357. The van der Waals surface area contributed by atoms with E-state index in [4.69, 9.17) is 4.74 Å². The van der Waals surface area contributed by atoms with E-state index in [-0.39, 0.29) is 18.1 Å². The largest absolute Gasteiger partial charge is 0.494 e. The minimum Gasteiger partial charge on any atom is -0.494 e. The molecule has 112 valence electrons. The summed E-state index contributed by atoms with van der Waals surface area (Å²) in [5.74, 6) is 0.792. The maximum atomic E-state index is 13.6. The molecule has 1 aromatic carbocycles. The lowest BCUT2D eigenvalue weighted by molar-refractivity contribution is -0.129. The van der Waals surface area contributed by atoms with Crippen molar-refractivity contribution in [2.75, 3.05) is 14.2 Å². The molecule has 0 radical (unpaired) electrons. The van der Waals surface area contributed by atoms with Crippen molar-refractivity contribution in [1.82, 2.24) is 20.1 Å². The number of methoxy groups -OCH3 is 1. The minimum absolute atomic E-state index is 0.112. The first-order valence-corrected chi connectivity index (χ1v) is 6.44. The van der Waals surface area contributed by atoms with Crippen molar-refractivity contribution >= 4 is 5.91 Å². The molecule has 0 bridgehead atoms. The van der Waals surface area contributed by atoms with Gasteiger partial charge in [0.05, 0.1) is 20.1 Å². The number of aromatic nitrogens is 3. The van der Waals surface area contributed by atoms with Crippen LogP contribution >= 0.6 is 0 Å². The van der Waals surface area contributed by atoms with Gasteiger partial charge in [0.2, 0.25) is 5.91 Å². The van der Waals surface area contributed by atoms with Gasteiger partial charge in [-0.05, 0) is 24.6 Å². The van der Waals surface area contributed by atoms with Crippen LogP contribution in [0.15, 0.2) is 18.2 Å². The van der Waals surface area contributed by atoms with Crippen LogP contribution in [0.3, 0.4) is 0 Å². The molecule has 1 amide bonds. The van der Waals surface area contributed by atoms with Crippen LogP contribution in [0.1, 0.15) is 17.2 Å². The van der Waals surface area contributed by atoms with Gasteiger partial charge < -0.3 is 9.64 Å². The summed E-state index contributed by atoms with van der Waals surface area (Å²) in [5, 5.41) is 6.70. The van der Waals surface area contributed by atoms with E-state index in [0.717, 1.165) is 0 Å². The quantitative estimate of drug-likeness (QED) is 0.905. The third-order valence-electron chi connectivity index (χ3n) is 3.02. The summed E-state index contributed by atoms with van der Waals surface area (Å²) in [5.41, 5.74) is 0.594. The molecule has 0 saturated heterocycles. The van der Waals surface area contributed by atoms with Crippen LogP contribution in [0.4, 0.5) is 4.39 Å². The van der Waals surface area contributed by atoms with Gasteiger partial charge in [-0.15, -0.1) is 0 Å². The molecular formula is C14H17FN4O2. The number of halogens is 1. The zero-order valence-corrected chi connectivity index (χ0v) is 12.2. The third-order valence-corrected chi connectivity index (χ3v) is 3.02. The van der Waals surface area contributed by atoms with Gasteiger partial charge in [0.1, 0.15) is 5.82 Å². The van der Waals surface area contributed by atoms with Crippen molar-refractivity contribution in [3.05, 3.63) is 41.2 Å². The molecule has 1 heterocycles. The Balaban J connectivity index is 1.98. The Kier molecular flexibility index (Phi) is 4.52. The van der Waals surface area contributed by atoms with E-state index in [0.29, 0.717) is 23.8 Å². The number of nitrogens with one attached hydrogen (secondary N) is 1. The Labute approximate surface area is 121 Å². The number of benzene rings is 1. The van der Waals surface area contributed by atoms with Gasteiger partial charge in [-0.3, -0.25) is 9.89 Å². The Morgan fingerprint density at radius 3 is 2.81 bits per heavy atom. The number of amides is 1. The number of aryl methyl sites for hydroxylation is 1. The van der Waals surface area contributed by atoms with Crippen LogP contribution in [-0.2, 0) is 17.8 Å². The molecule has 0 aliphatic carbocycles. The highest BCUT2D eigenvalue weighted by Crippen LogP contribution is 2.18. The van der Waals surface area contributed by atoms with E-state index in [1.807, 2.05) is 0 Å². The number of ether oxygens (including phenoxy) is 1. The van der Waals surface area contributed by atoms with Crippen molar-refractivity contribution in [3.8, 4) is 5.75 Å². The maximum absolute atomic E-state index is 13.6. The van der Waals surface area contributed by atoms with Crippen LogP contribution in [0, 0.1) is 12.7 Å². The minimum atomic E-state index is -0.477. The van der Waals surface area contributed by atoms with Gasteiger partial charge in [0, 0.05) is 7.05 Å². The molecule has 0 unspecified atom stereocenters. The van der Waals surface area contributed by atoms with Gasteiger partial charge in [-0.25, -0.2) is 9.37 Å². The highest BCUT2D eigenvalue weighted by atomic mass is 19.1. The van der Waals surface area contributed by atoms with E-state index in [9.17, 15) is 9.18 Å². The fourth-order valence-electron chi connectivity index (χ4n) is 1.89. The first-order valence-electron chi connectivity index (χ1n) is 6.44. The van der Waals surface area contributed by atoms with Crippen LogP contribution in [-0.4, -0.2) is 40.1 Å². The average molecular weight is 292 g/mol. The molecule has 2 rings (SSSR count). The Morgan fingerprint density at radius 1 is 1.48 bits per heavy atom. The van der Waals surface area contributed by atoms with E-state index in [1.54, 1.807) is 20.0 Å². The van der Waals surface area contributed by atoms with Crippen LogP contribution in [0.25, 0.3) is 0 Å². The topological polar surface area (TPSA) is 71.1 Å². The first-order chi connectivity index (χ1) is 9.99. The number of nitrogens with zero attached hydrogens (tertiary/aromatic N) is 3. The summed E-state index contributed by atoms with van der Waals surface area (Å²) < 4.78 is 18.4. The van der Waals surface area contributed by atoms with Gasteiger partial charge in [-0.1, -0.05) is 6.07 Å². The van der Waals surface area contributed by atoms with Crippen molar-refractivity contribution < 1.29 is 13.9 Å². The first kappa shape index (κ1) is 15.0. The van der Waals surface area contributed by atoms with E-state index in [2.05, 4.69) is 15.2 Å². The molecule has 0 aliphatic rings. The summed E-state index contributed by atoms with van der Waals surface area (Å²) in [6.07, 6.45) is 0.112. The van der Waals surface area contributed by atoms with E-state index in [1.165, 1.54) is 24.1 Å². The third kappa shape index (κ3) is 3.77. The van der Waals surface area contributed by atoms with E-state index >= 15 is 0 Å². The van der Waals surface area contributed by atoms with E-state index < -0.39 is 5.82 Å². The Hall–Kier alpha value is -2.44. The molecule has 0 atom stereocenters. The highest BCUT2D eigenvalue weighted by molar-refractivity contribution is 5.78. The second kappa shape index (κ2) is 6.34. The number of aromatic amines is 1. The number of hydrogen-bond acceptors (Lipinski definition) is 4. The molecule has 7 heteroatoms. The summed E-state index contributed by atoms with van der Waals surface area (Å²) in [7, 11) is 3.06. The fourth-order valence-corrected chi connectivity index (χ4v) is 1.89. The molecule has 0 aliphatic heterocycles. The van der Waals surface area contributed by atoms with Crippen LogP contribution in [0.5, 0.6) is 5.75 Å². The predicted molar refractivity (Wildman–Crippen MR) is 74.2 cm³/mol. The number of rotatable bonds is 5. The van der Waals surface area contributed by atoms with Crippen molar-refractivity contribution in [3.63, 3.8) is 0 Å². The molecule has 0 spiro atoms. The molecular weight excluding hydrogens is 275 g/mol. The Morgan fingerprint density at radius 2 is 2.24 bits per heavy atom. The maximum Gasteiger partial charge on any atom is 0.227 e. The lowest BCUT2D eigenvalue weighted by Gasteiger charge is -2.15. The molecule has 2 aromatic rings. The lowest BCUT2D eigenvalue weighted by atomic mass is 10.1.